The molecule has 0 spiro atoms. The molecule has 0 saturated heterocycles. The Morgan fingerprint density at radius 3 is 2.66 bits per heavy atom. The summed E-state index contributed by atoms with van der Waals surface area (Å²) in [4.78, 5) is 12.5. The van der Waals surface area contributed by atoms with E-state index in [1.165, 1.54) is 16.8 Å². The molecular formula is C22H17FN4O2. The first-order valence-corrected chi connectivity index (χ1v) is 8.94. The summed E-state index contributed by atoms with van der Waals surface area (Å²) in [5, 5.41) is 10.7. The third kappa shape index (κ3) is 4.65. The summed E-state index contributed by atoms with van der Waals surface area (Å²) in [7, 11) is 0. The Bertz CT molecular complexity index is 1130. The zero-order valence-corrected chi connectivity index (χ0v) is 15.3. The third-order valence-electron chi connectivity index (χ3n) is 4.13. The molecule has 4 rings (SSSR count). The van der Waals surface area contributed by atoms with E-state index in [0.29, 0.717) is 11.4 Å². The number of carbonyl (C=O) groups is 1. The van der Waals surface area contributed by atoms with Crippen LogP contribution in [0.2, 0.25) is 0 Å². The van der Waals surface area contributed by atoms with Gasteiger partial charge in [-0.15, -0.1) is 5.10 Å². The summed E-state index contributed by atoms with van der Waals surface area (Å²) in [6, 6.07) is 22.6. The maximum absolute atomic E-state index is 13.2. The van der Waals surface area contributed by atoms with Crippen molar-refractivity contribution in [3.63, 3.8) is 0 Å². The van der Waals surface area contributed by atoms with Crippen molar-refractivity contribution in [3.05, 3.63) is 102 Å². The van der Waals surface area contributed by atoms with Gasteiger partial charge in [0, 0.05) is 11.8 Å². The highest BCUT2D eigenvalue weighted by Gasteiger charge is 2.12. The van der Waals surface area contributed by atoms with Crippen molar-refractivity contribution in [2.45, 2.75) is 6.61 Å². The van der Waals surface area contributed by atoms with Gasteiger partial charge in [-0.25, -0.2) is 9.07 Å². The number of para-hydroxylation sites is 1. The number of benzene rings is 3. The number of hydrogen-bond donors (Lipinski definition) is 1. The van der Waals surface area contributed by atoms with Crippen LogP contribution >= 0.6 is 0 Å². The minimum Gasteiger partial charge on any atom is -0.489 e. The van der Waals surface area contributed by atoms with Crippen LogP contribution in [0, 0.1) is 5.82 Å². The Balaban J connectivity index is 1.41. The van der Waals surface area contributed by atoms with E-state index in [-0.39, 0.29) is 24.0 Å². The molecule has 29 heavy (non-hydrogen) atoms. The first-order chi connectivity index (χ1) is 14.2. The van der Waals surface area contributed by atoms with Gasteiger partial charge >= 0.3 is 0 Å². The van der Waals surface area contributed by atoms with E-state index in [4.69, 9.17) is 4.74 Å². The molecule has 0 atom stereocenters. The van der Waals surface area contributed by atoms with Crippen LogP contribution in [-0.4, -0.2) is 20.9 Å². The molecule has 1 amide bonds. The molecule has 0 aliphatic rings. The molecule has 144 valence electrons. The molecule has 0 aliphatic carbocycles. The van der Waals surface area contributed by atoms with Crippen molar-refractivity contribution in [2.24, 2.45) is 0 Å². The molecule has 0 fully saturated rings. The van der Waals surface area contributed by atoms with Gasteiger partial charge in [-0.2, -0.15) is 0 Å². The van der Waals surface area contributed by atoms with Gasteiger partial charge in [-0.3, -0.25) is 4.79 Å². The molecule has 3 aromatic carbocycles. The maximum Gasteiger partial charge on any atom is 0.277 e. The van der Waals surface area contributed by atoms with Gasteiger partial charge in [0.1, 0.15) is 18.2 Å². The van der Waals surface area contributed by atoms with Crippen molar-refractivity contribution in [3.8, 4) is 11.4 Å². The molecule has 0 saturated carbocycles. The molecule has 7 heteroatoms. The summed E-state index contributed by atoms with van der Waals surface area (Å²) in [6.45, 7) is 0.247. The number of anilines is 1. The molecule has 0 bridgehead atoms. The molecule has 0 unspecified atom stereocenters. The lowest BCUT2D eigenvalue weighted by molar-refractivity contribution is 0.102. The van der Waals surface area contributed by atoms with Crippen LogP contribution in [0.3, 0.4) is 0 Å². The van der Waals surface area contributed by atoms with Crippen LogP contribution in [0.25, 0.3) is 5.69 Å². The highest BCUT2D eigenvalue weighted by molar-refractivity contribution is 6.02. The van der Waals surface area contributed by atoms with Crippen LogP contribution in [0.1, 0.15) is 16.1 Å². The Hall–Kier alpha value is -4.00. The second kappa shape index (κ2) is 8.35. The molecule has 1 heterocycles. The molecule has 0 radical (unpaired) electrons. The number of nitrogens with zero attached hydrogens (tertiary/aromatic N) is 3. The number of nitrogens with one attached hydrogen (secondary N) is 1. The van der Waals surface area contributed by atoms with Gasteiger partial charge in [0.05, 0.1) is 11.9 Å². The summed E-state index contributed by atoms with van der Waals surface area (Å²) in [6.07, 6.45) is 1.57. The topological polar surface area (TPSA) is 69.0 Å². The Labute approximate surface area is 166 Å². The quantitative estimate of drug-likeness (QED) is 0.536. The lowest BCUT2D eigenvalue weighted by atomic mass is 10.2. The number of ether oxygens (including phenoxy) is 1. The fourth-order valence-electron chi connectivity index (χ4n) is 2.73. The van der Waals surface area contributed by atoms with Crippen LogP contribution in [0.4, 0.5) is 10.1 Å². The largest absolute Gasteiger partial charge is 0.489 e. The minimum atomic E-state index is -0.365. The van der Waals surface area contributed by atoms with Gasteiger partial charge < -0.3 is 10.1 Å². The number of halogens is 1. The van der Waals surface area contributed by atoms with E-state index in [0.717, 1.165) is 11.3 Å². The lowest BCUT2D eigenvalue weighted by Gasteiger charge is -2.08. The Morgan fingerprint density at radius 1 is 1.00 bits per heavy atom. The van der Waals surface area contributed by atoms with Gasteiger partial charge in [-0.05, 0) is 42.0 Å². The predicted molar refractivity (Wildman–Crippen MR) is 106 cm³/mol. The second-order valence-electron chi connectivity index (χ2n) is 6.28. The number of hydrogen-bond acceptors (Lipinski definition) is 4. The molecule has 1 aromatic heterocycles. The molecule has 6 nitrogen and oxygen atoms in total. The Kier molecular flexibility index (Phi) is 5.29. The van der Waals surface area contributed by atoms with Crippen LogP contribution < -0.4 is 10.1 Å². The summed E-state index contributed by atoms with van der Waals surface area (Å²) < 4.78 is 20.4. The maximum atomic E-state index is 13.2. The van der Waals surface area contributed by atoms with Gasteiger partial charge in [0.2, 0.25) is 0 Å². The van der Waals surface area contributed by atoms with Crippen molar-refractivity contribution < 1.29 is 13.9 Å². The van der Waals surface area contributed by atoms with Crippen molar-refractivity contribution in [1.82, 2.24) is 15.0 Å². The van der Waals surface area contributed by atoms with Crippen molar-refractivity contribution in [2.75, 3.05) is 5.32 Å². The van der Waals surface area contributed by atoms with E-state index < -0.39 is 0 Å². The fraction of sp³-hybridized carbons (Fsp3) is 0.0455. The predicted octanol–water partition coefficient (Wildman–Crippen LogP) is 4.24. The third-order valence-corrected chi connectivity index (χ3v) is 4.13. The molecule has 1 N–H and O–H groups in total. The van der Waals surface area contributed by atoms with Gasteiger partial charge in [-0.1, -0.05) is 41.6 Å². The van der Waals surface area contributed by atoms with Crippen LogP contribution in [0.15, 0.2) is 85.1 Å². The van der Waals surface area contributed by atoms with Crippen LogP contribution in [-0.2, 0) is 6.61 Å². The molecule has 0 aliphatic heterocycles. The first-order valence-electron chi connectivity index (χ1n) is 8.94. The fourth-order valence-corrected chi connectivity index (χ4v) is 2.73. The van der Waals surface area contributed by atoms with Gasteiger partial charge in [0.15, 0.2) is 5.69 Å². The SMILES string of the molecule is O=C(Nc1cccc(COc2cccc(F)c2)c1)c1cn(-c2ccccc2)nn1. The number of aromatic nitrogens is 3. The lowest BCUT2D eigenvalue weighted by Crippen LogP contribution is -2.12. The Morgan fingerprint density at radius 2 is 1.83 bits per heavy atom. The first kappa shape index (κ1) is 18.4. The smallest absolute Gasteiger partial charge is 0.277 e. The van der Waals surface area contributed by atoms with E-state index in [9.17, 15) is 9.18 Å². The van der Waals surface area contributed by atoms with E-state index in [1.54, 1.807) is 36.5 Å². The zero-order chi connectivity index (χ0) is 20.1. The zero-order valence-electron chi connectivity index (χ0n) is 15.3. The summed E-state index contributed by atoms with van der Waals surface area (Å²) in [5.41, 5.74) is 2.45. The average Bonchev–Trinajstić information content (AvgIpc) is 3.24. The minimum absolute atomic E-state index is 0.204. The summed E-state index contributed by atoms with van der Waals surface area (Å²) in [5.74, 6) is -0.278. The van der Waals surface area contributed by atoms with Gasteiger partial charge in [0.25, 0.3) is 5.91 Å². The number of carbonyl (C=O) groups excluding carboxylic acids is 1. The van der Waals surface area contributed by atoms with E-state index in [1.807, 2.05) is 36.4 Å². The normalized spacial score (nSPS) is 10.5. The molecular weight excluding hydrogens is 371 g/mol. The van der Waals surface area contributed by atoms with Crippen molar-refractivity contribution >= 4 is 11.6 Å². The number of rotatable bonds is 6. The molecule has 4 aromatic rings. The standard InChI is InChI=1S/C22H17FN4O2/c23-17-7-5-11-20(13-17)29-15-16-6-4-8-18(12-16)24-22(28)21-14-27(26-25-21)19-9-2-1-3-10-19/h1-14H,15H2,(H,24,28). The van der Waals surface area contributed by atoms with Crippen molar-refractivity contribution in [1.29, 1.82) is 0 Å². The highest BCUT2D eigenvalue weighted by Crippen LogP contribution is 2.17. The van der Waals surface area contributed by atoms with E-state index >= 15 is 0 Å². The van der Waals surface area contributed by atoms with Crippen LogP contribution in [0.5, 0.6) is 5.75 Å². The average molecular weight is 388 g/mol. The summed E-state index contributed by atoms with van der Waals surface area (Å²) >= 11 is 0. The van der Waals surface area contributed by atoms with E-state index in [2.05, 4.69) is 15.6 Å². The highest BCUT2D eigenvalue weighted by atomic mass is 19.1. The monoisotopic (exact) mass is 388 g/mol. The number of amides is 1. The second-order valence-corrected chi connectivity index (χ2v) is 6.28.